The summed E-state index contributed by atoms with van der Waals surface area (Å²) in [5.74, 6) is -0.654. The number of esters is 1. The Balaban J connectivity index is 0.0000205. The second kappa shape index (κ2) is 39.9. The van der Waals surface area contributed by atoms with Crippen molar-refractivity contribution in [2.75, 3.05) is 32.2 Å². The second-order valence-corrected chi connectivity index (χ2v) is 19.9. The van der Waals surface area contributed by atoms with Crippen molar-refractivity contribution in [1.29, 1.82) is 0 Å². The van der Waals surface area contributed by atoms with Crippen molar-refractivity contribution in [3.05, 3.63) is 22.7 Å². The number of nitrogens with zero attached hydrogens (tertiary/aromatic N) is 2. The molecule has 0 radical (unpaired) electrons. The number of nitrogen functional groups attached to an aromatic ring is 1. The standard InChI is InChI=1S/C44H83N3O14P2.2Na/c1-3-5-7-9-11-13-15-17-19-21-23-25-27-29-33-56-34-37(59-40(48)30-28-26-24-22-20-18-16-14-12-10-8-6-4-2)35-57-62(52,53)61-63(54,55)58-36-38-41(49)42(50)43(60-38)47-32-31-39(45)46-44(47)51;;/h31-32,37-38,41-43,49-50H,3-30,33-36H2,1-2H3,(H,52,53)(H,54,55)(H2,45,46,51);;/q;2*+1/p-2. The molecule has 1 aliphatic rings. The van der Waals surface area contributed by atoms with Crippen molar-refractivity contribution < 1.29 is 121 Å². The van der Waals surface area contributed by atoms with Gasteiger partial charge in [-0.05, 0) is 18.9 Å². The van der Waals surface area contributed by atoms with Gasteiger partial charge in [0.15, 0.2) is 6.23 Å². The fraction of sp³-hybridized carbons (Fsp3) is 0.886. The molecule has 21 heteroatoms. The van der Waals surface area contributed by atoms with Gasteiger partial charge in [0.05, 0.1) is 19.8 Å². The molecule has 65 heavy (non-hydrogen) atoms. The summed E-state index contributed by atoms with van der Waals surface area (Å²) in [6.07, 6.45) is 25.6. The number of hydrogen-bond acceptors (Lipinski definition) is 16. The Labute approximate surface area is 433 Å². The van der Waals surface area contributed by atoms with E-state index in [0.717, 1.165) is 55.7 Å². The van der Waals surface area contributed by atoms with Gasteiger partial charge in [0.2, 0.25) is 0 Å². The Bertz CT molecular complexity index is 1500. The van der Waals surface area contributed by atoms with Crippen molar-refractivity contribution in [1.82, 2.24) is 9.55 Å². The van der Waals surface area contributed by atoms with Crippen LogP contribution in [0.15, 0.2) is 17.1 Å². The molecule has 0 saturated carbocycles. The quantitative estimate of drug-likeness (QED) is 0.0368. The first-order chi connectivity index (χ1) is 30.3. The van der Waals surface area contributed by atoms with Crippen LogP contribution in [0.2, 0.25) is 0 Å². The number of aliphatic hydroxyl groups is 2. The van der Waals surface area contributed by atoms with E-state index in [1.54, 1.807) is 0 Å². The van der Waals surface area contributed by atoms with Crippen molar-refractivity contribution in [2.45, 2.75) is 224 Å². The van der Waals surface area contributed by atoms with E-state index in [0.29, 0.717) is 13.0 Å². The van der Waals surface area contributed by atoms with Crippen molar-refractivity contribution in [3.8, 4) is 0 Å². The molecule has 368 valence electrons. The molecule has 0 bridgehead atoms. The van der Waals surface area contributed by atoms with E-state index in [-0.39, 0.29) is 78.0 Å². The monoisotopic (exact) mass is 983 g/mol. The van der Waals surface area contributed by atoms with E-state index in [1.165, 1.54) is 128 Å². The summed E-state index contributed by atoms with van der Waals surface area (Å²) in [6, 6.07) is 1.25. The smallest absolute Gasteiger partial charge is 0.756 e. The molecule has 0 amide bonds. The maximum Gasteiger partial charge on any atom is 1.00 e. The van der Waals surface area contributed by atoms with Gasteiger partial charge < -0.3 is 49.0 Å². The van der Waals surface area contributed by atoms with Crippen LogP contribution in [0, 0.1) is 0 Å². The molecule has 0 aliphatic carbocycles. The molecule has 2 heterocycles. The van der Waals surface area contributed by atoms with Gasteiger partial charge in [0, 0.05) is 19.2 Å². The fourth-order valence-corrected chi connectivity index (χ4v) is 9.52. The zero-order valence-corrected chi connectivity index (χ0v) is 46.1. The number of nitrogens with two attached hydrogens (primary N) is 1. The minimum absolute atomic E-state index is 0. The van der Waals surface area contributed by atoms with Crippen LogP contribution in [0.5, 0.6) is 0 Å². The molecular formula is C44H81N3Na2O14P2. The molecule has 2 rings (SSSR count). The molecule has 0 spiro atoms. The van der Waals surface area contributed by atoms with E-state index in [9.17, 15) is 38.7 Å². The molecule has 17 nitrogen and oxygen atoms in total. The molecule has 1 saturated heterocycles. The van der Waals surface area contributed by atoms with Crippen LogP contribution in [0.1, 0.15) is 200 Å². The number of unbranched alkanes of at least 4 members (excludes halogenated alkanes) is 25. The molecule has 1 fully saturated rings. The maximum atomic E-state index is 12.8. The normalized spacial score (nSPS) is 19.5. The predicted octanol–water partition coefficient (Wildman–Crippen LogP) is 2.33. The number of hydrogen-bond donors (Lipinski definition) is 3. The van der Waals surface area contributed by atoms with Gasteiger partial charge >= 0.3 is 70.8 Å². The molecular weight excluding hydrogens is 902 g/mol. The van der Waals surface area contributed by atoms with E-state index in [4.69, 9.17) is 24.5 Å². The van der Waals surface area contributed by atoms with Gasteiger partial charge in [-0.2, -0.15) is 4.98 Å². The van der Waals surface area contributed by atoms with Crippen LogP contribution in [-0.2, 0) is 41.5 Å². The van der Waals surface area contributed by atoms with Crippen molar-refractivity contribution >= 4 is 27.4 Å². The van der Waals surface area contributed by atoms with E-state index >= 15 is 0 Å². The average molecular weight is 984 g/mol. The zero-order chi connectivity index (χ0) is 46.2. The minimum Gasteiger partial charge on any atom is -0.756 e. The van der Waals surface area contributed by atoms with Crippen LogP contribution in [-0.4, -0.2) is 76.6 Å². The summed E-state index contributed by atoms with van der Waals surface area (Å²) >= 11 is 0. The first-order valence-corrected chi connectivity index (χ1v) is 27.0. The van der Waals surface area contributed by atoms with Crippen LogP contribution >= 0.6 is 15.6 Å². The van der Waals surface area contributed by atoms with E-state index < -0.39 is 71.2 Å². The van der Waals surface area contributed by atoms with Gasteiger partial charge in [-0.3, -0.25) is 18.5 Å². The van der Waals surface area contributed by atoms with Gasteiger partial charge in [-0.1, -0.05) is 174 Å². The third-order valence-electron chi connectivity index (χ3n) is 11.2. The Morgan fingerprint density at radius 2 is 1.17 bits per heavy atom. The number of aromatic nitrogens is 2. The number of carbonyl (C=O) groups is 1. The van der Waals surface area contributed by atoms with Crippen LogP contribution in [0.25, 0.3) is 0 Å². The third kappa shape index (κ3) is 32.0. The summed E-state index contributed by atoms with van der Waals surface area (Å²) < 4.78 is 56.4. The Hall–Kier alpha value is 0.250. The molecule has 1 aromatic rings. The third-order valence-corrected chi connectivity index (χ3v) is 13.7. The van der Waals surface area contributed by atoms with Crippen LogP contribution in [0.3, 0.4) is 0 Å². The number of ether oxygens (including phenoxy) is 3. The van der Waals surface area contributed by atoms with E-state index in [2.05, 4.69) is 27.7 Å². The average Bonchev–Trinajstić information content (AvgIpc) is 3.51. The number of anilines is 1. The number of aliphatic hydroxyl groups excluding tert-OH is 2. The van der Waals surface area contributed by atoms with Gasteiger partial charge in [0.25, 0.3) is 15.6 Å². The first kappa shape index (κ1) is 65.2. The summed E-state index contributed by atoms with van der Waals surface area (Å²) in [7, 11) is -11.3. The summed E-state index contributed by atoms with van der Waals surface area (Å²) in [5, 5.41) is 20.8. The largest absolute Gasteiger partial charge is 1.00 e. The SMILES string of the molecule is CCCCCCCCCCCCCCCCOCC(COP(=O)([O-])OP(=O)([O-])OCC1OC(n2ccc(N)nc2=O)C(O)C1O)OC(=O)CCCCCCCCCCCCCCC.[Na+].[Na+]. The topological polar surface area (TPSA) is 254 Å². The van der Waals surface area contributed by atoms with Gasteiger partial charge in [0.1, 0.15) is 30.2 Å². The number of phosphoric acid groups is 2. The molecule has 4 N–H and O–H groups in total. The number of carbonyl (C=O) groups excluding carboxylic acids is 1. The number of rotatable bonds is 41. The zero-order valence-electron chi connectivity index (χ0n) is 40.3. The minimum atomic E-state index is -5.66. The fourth-order valence-electron chi connectivity index (χ4n) is 7.49. The van der Waals surface area contributed by atoms with Gasteiger partial charge in [-0.25, -0.2) is 9.11 Å². The maximum absolute atomic E-state index is 12.8. The molecule has 7 atom stereocenters. The molecule has 1 aliphatic heterocycles. The second-order valence-electron chi connectivity index (χ2n) is 16.9. The van der Waals surface area contributed by atoms with Crippen LogP contribution in [0.4, 0.5) is 5.82 Å². The predicted molar refractivity (Wildman–Crippen MR) is 238 cm³/mol. The molecule has 0 aromatic carbocycles. The summed E-state index contributed by atoms with van der Waals surface area (Å²) in [5.41, 5.74) is 4.58. The first-order valence-electron chi connectivity index (χ1n) is 24.0. The van der Waals surface area contributed by atoms with Gasteiger partial charge in [-0.15, -0.1) is 0 Å². The summed E-state index contributed by atoms with van der Waals surface area (Å²) in [4.78, 5) is 53.7. The van der Waals surface area contributed by atoms with Crippen molar-refractivity contribution in [2.24, 2.45) is 0 Å². The Morgan fingerprint density at radius 3 is 1.65 bits per heavy atom. The summed E-state index contributed by atoms with van der Waals surface area (Å²) in [6.45, 7) is 2.88. The van der Waals surface area contributed by atoms with Crippen LogP contribution < -0.4 is 80.3 Å². The Morgan fingerprint density at radius 1 is 0.723 bits per heavy atom. The number of phosphoric ester groups is 2. The molecule has 1 aromatic heterocycles. The van der Waals surface area contributed by atoms with E-state index in [1.807, 2.05) is 0 Å². The van der Waals surface area contributed by atoms with Crippen molar-refractivity contribution in [3.63, 3.8) is 0 Å². The Kier molecular flexibility index (Phi) is 40.1. The molecule has 7 unspecified atom stereocenters.